The van der Waals surface area contributed by atoms with Crippen molar-refractivity contribution in [3.05, 3.63) is 71.8 Å². The molecule has 0 saturated carbocycles. The fourth-order valence-electron chi connectivity index (χ4n) is 3.29. The van der Waals surface area contributed by atoms with E-state index in [9.17, 15) is 4.79 Å². The van der Waals surface area contributed by atoms with E-state index in [4.69, 9.17) is 4.74 Å². The first-order valence-electron chi connectivity index (χ1n) is 8.86. The zero-order valence-electron chi connectivity index (χ0n) is 14.8. The molecule has 4 rings (SSSR count). The van der Waals surface area contributed by atoms with Crippen LogP contribution < -0.4 is 0 Å². The fraction of sp³-hybridized carbons (Fsp3) is 0.286. The van der Waals surface area contributed by atoms with Crippen LogP contribution in [-0.2, 0) is 16.0 Å². The first kappa shape index (κ1) is 16.7. The Hall–Kier alpha value is -2.79. The first-order valence-corrected chi connectivity index (χ1v) is 8.86. The van der Waals surface area contributed by atoms with Crippen LogP contribution in [-0.4, -0.2) is 40.5 Å². The molecule has 1 aromatic heterocycles. The number of aromatic nitrogens is 2. The van der Waals surface area contributed by atoms with Crippen molar-refractivity contribution >= 4 is 16.7 Å². The van der Waals surface area contributed by atoms with Crippen LogP contribution in [0, 0.1) is 6.92 Å². The van der Waals surface area contributed by atoms with Gasteiger partial charge in [-0.15, -0.1) is 0 Å². The highest BCUT2D eigenvalue weighted by molar-refractivity contribution is 5.85. The van der Waals surface area contributed by atoms with Gasteiger partial charge >= 0.3 is 0 Å². The maximum Gasteiger partial charge on any atom is 0.227 e. The van der Waals surface area contributed by atoms with Crippen LogP contribution in [0.15, 0.2) is 54.7 Å². The van der Waals surface area contributed by atoms with Gasteiger partial charge in [0.25, 0.3) is 0 Å². The van der Waals surface area contributed by atoms with Crippen LogP contribution in [0.25, 0.3) is 10.8 Å². The molecule has 2 aromatic carbocycles. The van der Waals surface area contributed by atoms with Gasteiger partial charge in [0, 0.05) is 18.4 Å². The van der Waals surface area contributed by atoms with E-state index in [1.165, 1.54) is 5.39 Å². The van der Waals surface area contributed by atoms with Crippen molar-refractivity contribution in [1.29, 1.82) is 0 Å². The summed E-state index contributed by atoms with van der Waals surface area (Å²) in [6, 6.07) is 16.2. The quantitative estimate of drug-likeness (QED) is 0.731. The number of fused-ring (bicyclic) bond motifs is 1. The molecule has 1 aliphatic rings. The monoisotopic (exact) mass is 347 g/mol. The lowest BCUT2D eigenvalue weighted by atomic mass is 10.0. The molecule has 0 radical (unpaired) electrons. The minimum absolute atomic E-state index is 0.112. The third-order valence-electron chi connectivity index (χ3n) is 4.69. The minimum Gasteiger partial charge on any atom is -0.367 e. The highest BCUT2D eigenvalue weighted by Gasteiger charge is 2.27. The van der Waals surface area contributed by atoms with Crippen LogP contribution in [0.3, 0.4) is 0 Å². The van der Waals surface area contributed by atoms with E-state index in [-0.39, 0.29) is 12.0 Å². The molecule has 0 aliphatic carbocycles. The molecule has 1 fully saturated rings. The zero-order chi connectivity index (χ0) is 17.9. The van der Waals surface area contributed by atoms with Gasteiger partial charge in [-0.25, -0.2) is 9.97 Å². The molecule has 1 atom stereocenters. The molecule has 1 saturated heterocycles. The number of aryl methyl sites for hydroxylation is 1. The third-order valence-corrected chi connectivity index (χ3v) is 4.69. The highest BCUT2D eigenvalue weighted by Crippen LogP contribution is 2.21. The van der Waals surface area contributed by atoms with E-state index in [0.29, 0.717) is 31.9 Å². The van der Waals surface area contributed by atoms with Crippen molar-refractivity contribution in [3.63, 3.8) is 0 Å². The molecular weight excluding hydrogens is 326 g/mol. The lowest BCUT2D eigenvalue weighted by Crippen LogP contribution is -2.43. The van der Waals surface area contributed by atoms with Crippen LogP contribution in [0.4, 0.5) is 0 Å². The van der Waals surface area contributed by atoms with E-state index in [2.05, 4.69) is 34.2 Å². The van der Waals surface area contributed by atoms with E-state index in [1.807, 2.05) is 36.1 Å². The number of amides is 1. The summed E-state index contributed by atoms with van der Waals surface area (Å²) in [5.41, 5.74) is 1.93. The predicted molar refractivity (Wildman–Crippen MR) is 99.7 cm³/mol. The molecule has 26 heavy (non-hydrogen) atoms. The number of rotatable bonds is 3. The second-order valence-corrected chi connectivity index (χ2v) is 6.61. The van der Waals surface area contributed by atoms with Gasteiger partial charge in [0.05, 0.1) is 19.6 Å². The number of morpholine rings is 1. The van der Waals surface area contributed by atoms with Crippen LogP contribution in [0.5, 0.6) is 0 Å². The van der Waals surface area contributed by atoms with Crippen molar-refractivity contribution in [2.45, 2.75) is 19.4 Å². The molecule has 0 bridgehead atoms. The van der Waals surface area contributed by atoms with E-state index in [0.717, 1.165) is 16.6 Å². The number of hydrogen-bond acceptors (Lipinski definition) is 4. The molecule has 1 unspecified atom stereocenters. The lowest BCUT2D eigenvalue weighted by molar-refractivity contribution is -0.138. The van der Waals surface area contributed by atoms with Crippen molar-refractivity contribution < 1.29 is 9.53 Å². The van der Waals surface area contributed by atoms with Gasteiger partial charge in [-0.3, -0.25) is 4.79 Å². The molecule has 132 valence electrons. The summed E-state index contributed by atoms with van der Waals surface area (Å²) in [5, 5.41) is 2.34. The van der Waals surface area contributed by atoms with E-state index >= 15 is 0 Å². The third kappa shape index (κ3) is 3.58. The van der Waals surface area contributed by atoms with Gasteiger partial charge in [-0.05, 0) is 29.3 Å². The predicted octanol–water partition coefficient (Wildman–Crippen LogP) is 3.08. The molecule has 2 heterocycles. The summed E-state index contributed by atoms with van der Waals surface area (Å²) in [5.74, 6) is 0.759. The summed E-state index contributed by atoms with van der Waals surface area (Å²) in [4.78, 5) is 23.4. The normalized spacial score (nSPS) is 17.4. The Kier molecular flexibility index (Phi) is 4.63. The van der Waals surface area contributed by atoms with Gasteiger partial charge < -0.3 is 9.64 Å². The summed E-state index contributed by atoms with van der Waals surface area (Å²) in [6.45, 7) is 3.53. The van der Waals surface area contributed by atoms with Gasteiger partial charge in [-0.2, -0.15) is 0 Å². The number of hydrogen-bond donors (Lipinski definition) is 0. The Morgan fingerprint density at radius 3 is 2.88 bits per heavy atom. The molecule has 1 aliphatic heterocycles. The number of nitrogens with zero attached hydrogens (tertiary/aromatic N) is 3. The van der Waals surface area contributed by atoms with Crippen molar-refractivity contribution in [3.8, 4) is 0 Å². The Morgan fingerprint density at radius 1 is 1.19 bits per heavy atom. The Bertz CT molecular complexity index is 941. The smallest absolute Gasteiger partial charge is 0.227 e. The number of benzene rings is 2. The maximum atomic E-state index is 12.8. The average Bonchev–Trinajstić information content (AvgIpc) is 2.68. The molecule has 5 nitrogen and oxygen atoms in total. The van der Waals surface area contributed by atoms with E-state index < -0.39 is 0 Å². The molecule has 3 aromatic rings. The van der Waals surface area contributed by atoms with Crippen LogP contribution in [0.2, 0.25) is 0 Å². The summed E-state index contributed by atoms with van der Waals surface area (Å²) in [7, 11) is 0. The summed E-state index contributed by atoms with van der Waals surface area (Å²) < 4.78 is 5.79. The second kappa shape index (κ2) is 7.22. The van der Waals surface area contributed by atoms with Gasteiger partial charge in [0.1, 0.15) is 6.10 Å². The topological polar surface area (TPSA) is 55.3 Å². The number of carbonyl (C=O) groups is 1. The summed E-state index contributed by atoms with van der Waals surface area (Å²) in [6.07, 6.45) is 1.87. The molecule has 0 spiro atoms. The Labute approximate surface area is 152 Å². The molecule has 0 N–H and O–H groups in total. The largest absolute Gasteiger partial charge is 0.367 e. The SMILES string of the molecule is Cc1ccnc(C2CN(C(=O)Cc3ccc4ccccc4c3)CCO2)n1. The summed E-state index contributed by atoms with van der Waals surface area (Å²) >= 11 is 0. The standard InChI is InChI=1S/C21H21N3O2/c1-15-8-9-22-21(23-15)19-14-24(10-11-26-19)20(25)13-16-6-7-17-4-2-3-5-18(17)12-16/h2-9,12,19H,10-11,13-14H2,1H3. The maximum absolute atomic E-state index is 12.8. The molecule has 1 amide bonds. The van der Waals surface area contributed by atoms with Crippen LogP contribution >= 0.6 is 0 Å². The van der Waals surface area contributed by atoms with Gasteiger partial charge in [-0.1, -0.05) is 42.5 Å². The molecular formula is C21H21N3O2. The number of carbonyl (C=O) groups excluding carboxylic acids is 1. The zero-order valence-corrected chi connectivity index (χ0v) is 14.8. The van der Waals surface area contributed by atoms with E-state index in [1.54, 1.807) is 6.20 Å². The minimum atomic E-state index is -0.260. The van der Waals surface area contributed by atoms with Crippen molar-refractivity contribution in [1.82, 2.24) is 14.9 Å². The lowest BCUT2D eigenvalue weighted by Gasteiger charge is -2.32. The van der Waals surface area contributed by atoms with Gasteiger partial charge in [0.15, 0.2) is 5.82 Å². The second-order valence-electron chi connectivity index (χ2n) is 6.61. The Balaban J connectivity index is 1.46. The van der Waals surface area contributed by atoms with Crippen molar-refractivity contribution in [2.75, 3.05) is 19.7 Å². The van der Waals surface area contributed by atoms with Crippen molar-refractivity contribution in [2.24, 2.45) is 0 Å². The molecule has 5 heteroatoms. The average molecular weight is 347 g/mol. The fourth-order valence-corrected chi connectivity index (χ4v) is 3.29. The highest BCUT2D eigenvalue weighted by atomic mass is 16.5. The first-order chi connectivity index (χ1) is 12.7. The van der Waals surface area contributed by atoms with Crippen LogP contribution in [0.1, 0.15) is 23.2 Å². The van der Waals surface area contributed by atoms with Gasteiger partial charge in [0.2, 0.25) is 5.91 Å². The number of ether oxygens (including phenoxy) is 1. The Morgan fingerprint density at radius 2 is 2.04 bits per heavy atom.